The molecule has 1 aliphatic heterocycles. The van der Waals surface area contributed by atoms with Crippen molar-refractivity contribution >= 4 is 17.4 Å². The lowest BCUT2D eigenvalue weighted by molar-refractivity contribution is 0.171. The summed E-state index contributed by atoms with van der Waals surface area (Å²) in [7, 11) is 0. The molecular weight excluding hydrogens is 277 g/mol. The Morgan fingerprint density at radius 2 is 1.85 bits per heavy atom. The fraction of sp³-hybridized carbons (Fsp3) is 0.200. The monoisotopic (exact) mass is 291 g/mol. The van der Waals surface area contributed by atoms with E-state index in [1.165, 1.54) is 12.1 Å². The van der Waals surface area contributed by atoms with Gasteiger partial charge in [-0.3, -0.25) is 0 Å². The third kappa shape index (κ3) is 2.82. The number of halogens is 1. The first-order valence-electron chi connectivity index (χ1n) is 6.29. The van der Waals surface area contributed by atoms with E-state index in [1.807, 2.05) is 18.2 Å². The Morgan fingerprint density at radius 1 is 1.05 bits per heavy atom. The second-order valence-electron chi connectivity index (χ2n) is 4.44. The van der Waals surface area contributed by atoms with E-state index >= 15 is 0 Å². The number of ether oxygens (including phenoxy) is 2. The first-order chi connectivity index (χ1) is 9.72. The number of nitrogens with two attached hydrogens (primary N) is 1. The average Bonchev–Trinajstić information content (AvgIpc) is 2.48. The van der Waals surface area contributed by atoms with E-state index in [2.05, 4.69) is 0 Å². The third-order valence-corrected chi connectivity index (χ3v) is 4.06. The van der Waals surface area contributed by atoms with Gasteiger partial charge in [0.25, 0.3) is 0 Å². The molecule has 1 aliphatic rings. The molecule has 0 aromatic heterocycles. The Balaban J connectivity index is 1.73. The Kier molecular flexibility index (Phi) is 3.69. The Bertz CT molecular complexity index is 633. The molecule has 0 spiro atoms. The van der Waals surface area contributed by atoms with Gasteiger partial charge in [0.15, 0.2) is 11.5 Å². The van der Waals surface area contributed by atoms with Crippen LogP contribution in [0.15, 0.2) is 41.3 Å². The second kappa shape index (κ2) is 5.63. The highest BCUT2D eigenvalue weighted by atomic mass is 32.2. The van der Waals surface area contributed by atoms with Crippen molar-refractivity contribution in [1.82, 2.24) is 0 Å². The molecule has 5 heteroatoms. The zero-order valence-electron chi connectivity index (χ0n) is 10.8. The quantitative estimate of drug-likeness (QED) is 0.694. The lowest BCUT2D eigenvalue weighted by Crippen LogP contribution is -2.15. The first kappa shape index (κ1) is 13.1. The lowest BCUT2D eigenvalue weighted by atomic mass is 10.2. The molecule has 20 heavy (non-hydrogen) atoms. The van der Waals surface area contributed by atoms with Crippen LogP contribution in [-0.4, -0.2) is 13.2 Å². The summed E-state index contributed by atoms with van der Waals surface area (Å²) in [4.78, 5) is 1.04. The van der Waals surface area contributed by atoms with Crippen molar-refractivity contribution in [2.24, 2.45) is 0 Å². The van der Waals surface area contributed by atoms with Crippen LogP contribution >= 0.6 is 11.8 Å². The summed E-state index contributed by atoms with van der Waals surface area (Å²) in [5, 5.41) is 0. The van der Waals surface area contributed by atoms with E-state index in [0.717, 1.165) is 22.0 Å². The standard InChI is InChI=1S/C15H14FNO2S/c16-11-1-3-13(17)10(7-11)9-20-12-2-4-14-15(8-12)19-6-5-18-14/h1-4,7-8H,5-6,9,17H2. The maximum atomic E-state index is 13.2. The van der Waals surface area contributed by atoms with Crippen LogP contribution in [0.3, 0.4) is 0 Å². The van der Waals surface area contributed by atoms with Gasteiger partial charge in [-0.2, -0.15) is 0 Å². The van der Waals surface area contributed by atoms with Crippen molar-refractivity contribution in [1.29, 1.82) is 0 Å². The molecule has 2 N–H and O–H groups in total. The fourth-order valence-corrected chi connectivity index (χ4v) is 2.90. The Morgan fingerprint density at radius 3 is 2.70 bits per heavy atom. The van der Waals surface area contributed by atoms with E-state index < -0.39 is 0 Å². The molecule has 2 aromatic rings. The summed E-state index contributed by atoms with van der Waals surface area (Å²) < 4.78 is 24.2. The molecule has 0 saturated carbocycles. The fourth-order valence-electron chi connectivity index (χ4n) is 1.97. The molecule has 0 saturated heterocycles. The molecule has 3 nitrogen and oxygen atoms in total. The van der Waals surface area contributed by atoms with Crippen molar-refractivity contribution in [3.63, 3.8) is 0 Å². The number of anilines is 1. The van der Waals surface area contributed by atoms with Gasteiger partial charge in [-0.25, -0.2) is 4.39 Å². The van der Waals surface area contributed by atoms with Gasteiger partial charge in [-0.05, 0) is 42.0 Å². The smallest absolute Gasteiger partial charge is 0.162 e. The van der Waals surface area contributed by atoms with Gasteiger partial charge in [0.05, 0.1) is 0 Å². The minimum atomic E-state index is -0.267. The van der Waals surface area contributed by atoms with Crippen LogP contribution < -0.4 is 15.2 Å². The van der Waals surface area contributed by atoms with E-state index in [9.17, 15) is 4.39 Å². The highest BCUT2D eigenvalue weighted by Gasteiger charge is 2.12. The zero-order chi connectivity index (χ0) is 13.9. The minimum Gasteiger partial charge on any atom is -0.486 e. The number of nitrogen functional groups attached to an aromatic ring is 1. The van der Waals surface area contributed by atoms with E-state index in [1.54, 1.807) is 17.8 Å². The topological polar surface area (TPSA) is 44.5 Å². The molecule has 1 heterocycles. The Hall–Kier alpha value is -1.88. The van der Waals surface area contributed by atoms with Crippen LogP contribution in [0.5, 0.6) is 11.5 Å². The highest BCUT2D eigenvalue weighted by molar-refractivity contribution is 7.98. The second-order valence-corrected chi connectivity index (χ2v) is 5.49. The summed E-state index contributed by atoms with van der Waals surface area (Å²) in [6, 6.07) is 10.2. The molecule has 0 fully saturated rings. The van der Waals surface area contributed by atoms with Gasteiger partial charge in [0.2, 0.25) is 0 Å². The maximum absolute atomic E-state index is 13.2. The molecular formula is C15H14FNO2S. The first-order valence-corrected chi connectivity index (χ1v) is 7.27. The molecule has 0 radical (unpaired) electrons. The lowest BCUT2D eigenvalue weighted by Gasteiger charge is -2.18. The van der Waals surface area contributed by atoms with Crippen LogP contribution in [0.25, 0.3) is 0 Å². The van der Waals surface area contributed by atoms with Crippen molar-refractivity contribution in [2.45, 2.75) is 10.6 Å². The molecule has 3 rings (SSSR count). The largest absolute Gasteiger partial charge is 0.486 e. The summed E-state index contributed by atoms with van der Waals surface area (Å²) in [5.41, 5.74) is 7.24. The van der Waals surface area contributed by atoms with Gasteiger partial charge < -0.3 is 15.2 Å². The minimum absolute atomic E-state index is 0.267. The van der Waals surface area contributed by atoms with E-state index in [4.69, 9.17) is 15.2 Å². The van der Waals surface area contributed by atoms with Crippen LogP contribution in [0, 0.1) is 5.82 Å². The number of benzene rings is 2. The molecule has 0 bridgehead atoms. The summed E-state index contributed by atoms with van der Waals surface area (Å²) in [6.45, 7) is 1.15. The molecule has 0 aliphatic carbocycles. The average molecular weight is 291 g/mol. The predicted molar refractivity (Wildman–Crippen MR) is 77.8 cm³/mol. The van der Waals surface area contributed by atoms with Crippen molar-refractivity contribution in [2.75, 3.05) is 18.9 Å². The van der Waals surface area contributed by atoms with Gasteiger partial charge in [-0.15, -0.1) is 11.8 Å². The third-order valence-electron chi connectivity index (χ3n) is 3.01. The summed E-state index contributed by atoms with van der Waals surface area (Å²) in [6.07, 6.45) is 0. The Labute approximate surface area is 120 Å². The predicted octanol–water partition coefficient (Wildman–Crippen LogP) is 3.47. The molecule has 0 atom stereocenters. The normalized spacial score (nSPS) is 13.2. The summed E-state index contributed by atoms with van der Waals surface area (Å²) >= 11 is 1.59. The van der Waals surface area contributed by atoms with Crippen LogP contribution in [-0.2, 0) is 5.75 Å². The van der Waals surface area contributed by atoms with E-state index in [-0.39, 0.29) is 5.82 Å². The van der Waals surface area contributed by atoms with Crippen LogP contribution in [0.4, 0.5) is 10.1 Å². The molecule has 0 unspecified atom stereocenters. The van der Waals surface area contributed by atoms with Crippen LogP contribution in [0.1, 0.15) is 5.56 Å². The van der Waals surface area contributed by atoms with E-state index in [0.29, 0.717) is 24.7 Å². The van der Waals surface area contributed by atoms with Gasteiger partial charge >= 0.3 is 0 Å². The molecule has 0 amide bonds. The molecule has 2 aromatic carbocycles. The maximum Gasteiger partial charge on any atom is 0.162 e. The van der Waals surface area contributed by atoms with Crippen molar-refractivity contribution < 1.29 is 13.9 Å². The van der Waals surface area contributed by atoms with Crippen molar-refractivity contribution in [3.8, 4) is 11.5 Å². The number of hydrogen-bond acceptors (Lipinski definition) is 4. The van der Waals surface area contributed by atoms with Crippen molar-refractivity contribution in [3.05, 3.63) is 47.8 Å². The van der Waals surface area contributed by atoms with Gasteiger partial charge in [0.1, 0.15) is 19.0 Å². The SMILES string of the molecule is Nc1ccc(F)cc1CSc1ccc2c(c1)OCCO2. The number of hydrogen-bond donors (Lipinski definition) is 1. The highest BCUT2D eigenvalue weighted by Crippen LogP contribution is 2.35. The number of fused-ring (bicyclic) bond motifs is 1. The number of rotatable bonds is 3. The number of thioether (sulfide) groups is 1. The molecule has 104 valence electrons. The zero-order valence-corrected chi connectivity index (χ0v) is 11.6. The summed E-state index contributed by atoms with van der Waals surface area (Å²) in [5.74, 6) is 1.87. The van der Waals surface area contributed by atoms with Gasteiger partial charge in [0, 0.05) is 16.3 Å². The van der Waals surface area contributed by atoms with Crippen LogP contribution in [0.2, 0.25) is 0 Å². The van der Waals surface area contributed by atoms with Gasteiger partial charge in [-0.1, -0.05) is 0 Å².